The summed E-state index contributed by atoms with van der Waals surface area (Å²) in [5.74, 6) is -1.43. The molecule has 1 amide bonds. The first-order valence-electron chi connectivity index (χ1n) is 12.1. The van der Waals surface area contributed by atoms with Crippen LogP contribution in [0, 0.1) is 6.92 Å². The van der Waals surface area contributed by atoms with Gasteiger partial charge < -0.3 is 5.11 Å². The Morgan fingerprint density at radius 2 is 1.88 bits per heavy atom. The summed E-state index contributed by atoms with van der Waals surface area (Å²) >= 11 is 18.3. The predicted molar refractivity (Wildman–Crippen MR) is 165 cm³/mol. The molecular weight excluding hydrogens is 669 g/mol. The Bertz CT molecular complexity index is 1870. The Hall–Kier alpha value is -3.22. The zero-order chi connectivity index (χ0) is 28.8. The fraction of sp³-hybridized carbons (Fsp3) is 0.107. The predicted octanol–water partition coefficient (Wildman–Crippen LogP) is 7.48. The Morgan fingerprint density at radius 1 is 1.10 bits per heavy atom. The lowest BCUT2D eigenvalue weighted by atomic mass is 9.96. The van der Waals surface area contributed by atoms with Crippen LogP contribution in [-0.2, 0) is 15.3 Å². The lowest BCUT2D eigenvalue weighted by Crippen LogP contribution is -2.29. The maximum Gasteiger partial charge on any atom is 0.301 e. The van der Waals surface area contributed by atoms with E-state index in [-0.39, 0.29) is 16.5 Å². The first kappa shape index (κ1) is 27.9. The fourth-order valence-corrected chi connectivity index (χ4v) is 7.34. The van der Waals surface area contributed by atoms with Crippen molar-refractivity contribution >= 4 is 90.5 Å². The molecule has 1 fully saturated rings. The van der Waals surface area contributed by atoms with E-state index < -0.39 is 17.7 Å². The number of carbonyl (C=O) groups excluding carboxylic acids is 2. The second-order valence-electron chi connectivity index (χ2n) is 9.07. The maximum absolute atomic E-state index is 13.6. The van der Waals surface area contributed by atoms with E-state index in [0.717, 1.165) is 10.0 Å². The molecular formula is C28H18BrCl2N5O3S2. The number of hydrogen-bond acceptors (Lipinski definition) is 8. The number of aromatic nitrogens is 4. The number of carbonyl (C=O) groups is 2. The average Bonchev–Trinajstić information content (AvgIpc) is 3.62. The monoisotopic (exact) mass is 685 g/mol. The van der Waals surface area contributed by atoms with E-state index in [0.29, 0.717) is 42.7 Å². The summed E-state index contributed by atoms with van der Waals surface area (Å²) in [6, 6.07) is 17.0. The number of pyridine rings is 1. The Morgan fingerprint density at radius 3 is 2.63 bits per heavy atom. The molecule has 1 atom stereocenters. The van der Waals surface area contributed by atoms with E-state index in [1.165, 1.54) is 28.0 Å². The number of Topliss-reactive ketones (excluding diaryl/α,β-unsaturated/α-hetero) is 1. The molecule has 1 unspecified atom stereocenters. The molecule has 6 rings (SSSR count). The molecule has 1 aliphatic rings. The molecule has 2 aromatic carbocycles. The number of aliphatic hydroxyl groups is 1. The highest BCUT2D eigenvalue weighted by Gasteiger charge is 2.48. The van der Waals surface area contributed by atoms with Gasteiger partial charge in [0.25, 0.3) is 5.78 Å². The maximum atomic E-state index is 13.6. The van der Waals surface area contributed by atoms with Crippen molar-refractivity contribution in [1.29, 1.82) is 0 Å². The van der Waals surface area contributed by atoms with Gasteiger partial charge in [-0.25, -0.2) is 4.98 Å². The van der Waals surface area contributed by atoms with Gasteiger partial charge in [-0.15, -0.1) is 10.2 Å². The zero-order valence-electron chi connectivity index (χ0n) is 21.1. The highest BCUT2D eigenvalue weighted by atomic mass is 79.9. The van der Waals surface area contributed by atoms with Crippen molar-refractivity contribution in [1.82, 2.24) is 19.6 Å². The van der Waals surface area contributed by atoms with Crippen LogP contribution < -0.4 is 4.90 Å². The SMILES string of the molecule is Cc1nc2ccccn2c1C(O)=C1C(=O)C(=O)N(c2nnc(SCc3ccc(Cl)cc3Cl)s2)C1c1ccc(Br)cc1. The summed E-state index contributed by atoms with van der Waals surface area (Å²) in [7, 11) is 0. The van der Waals surface area contributed by atoms with E-state index >= 15 is 0 Å². The molecule has 5 aromatic rings. The second kappa shape index (κ2) is 11.2. The molecule has 1 aliphatic heterocycles. The molecule has 1 saturated heterocycles. The Balaban J connectivity index is 1.42. The van der Waals surface area contributed by atoms with Crippen LogP contribution in [0.1, 0.15) is 28.6 Å². The first-order valence-corrected chi connectivity index (χ1v) is 15.5. The number of fused-ring (bicyclic) bond motifs is 1. The third kappa shape index (κ3) is 5.17. The number of halogens is 3. The zero-order valence-corrected chi connectivity index (χ0v) is 25.8. The second-order valence-corrected chi connectivity index (χ2v) is 13.0. The minimum Gasteiger partial charge on any atom is -0.505 e. The largest absolute Gasteiger partial charge is 0.505 e. The number of anilines is 1. The van der Waals surface area contributed by atoms with Crippen LogP contribution >= 0.6 is 62.2 Å². The van der Waals surface area contributed by atoms with Crippen molar-refractivity contribution in [2.75, 3.05) is 4.90 Å². The van der Waals surface area contributed by atoms with Crippen LogP contribution in [0.2, 0.25) is 10.0 Å². The van der Waals surface area contributed by atoms with Gasteiger partial charge in [0.2, 0.25) is 5.13 Å². The van der Waals surface area contributed by atoms with Crippen molar-refractivity contribution in [2.24, 2.45) is 0 Å². The van der Waals surface area contributed by atoms with Crippen molar-refractivity contribution in [2.45, 2.75) is 23.1 Å². The summed E-state index contributed by atoms with van der Waals surface area (Å²) in [6.45, 7) is 1.74. The van der Waals surface area contributed by atoms with Gasteiger partial charge in [-0.3, -0.25) is 18.9 Å². The van der Waals surface area contributed by atoms with Crippen LogP contribution in [-0.4, -0.2) is 36.4 Å². The van der Waals surface area contributed by atoms with E-state index in [1.54, 1.807) is 53.9 Å². The molecule has 41 heavy (non-hydrogen) atoms. The smallest absolute Gasteiger partial charge is 0.301 e. The van der Waals surface area contributed by atoms with Gasteiger partial charge in [-0.2, -0.15) is 0 Å². The molecule has 8 nitrogen and oxygen atoms in total. The summed E-state index contributed by atoms with van der Waals surface area (Å²) in [4.78, 5) is 32.9. The van der Waals surface area contributed by atoms with Gasteiger partial charge in [-0.05, 0) is 54.4 Å². The number of imidazole rings is 1. The van der Waals surface area contributed by atoms with Crippen LogP contribution in [0.4, 0.5) is 5.13 Å². The Kier molecular flexibility index (Phi) is 7.64. The number of amides is 1. The molecule has 3 aromatic heterocycles. The minimum absolute atomic E-state index is 0.0524. The van der Waals surface area contributed by atoms with Crippen molar-refractivity contribution in [3.05, 3.63) is 109 Å². The standard InChI is InChI=1S/C28H18BrCl2N5O3S2/c1-14-22(35-11-3-2-4-20(35)32-14)24(37)21-23(15-5-8-17(29)9-6-15)36(26(39)25(21)38)27-33-34-28(41-27)40-13-16-7-10-18(30)12-19(16)31/h2-12,23,37H,13H2,1H3. The minimum atomic E-state index is -0.937. The molecule has 0 saturated carbocycles. The number of benzene rings is 2. The third-order valence-electron chi connectivity index (χ3n) is 6.53. The van der Waals surface area contributed by atoms with Crippen molar-refractivity contribution in [3.63, 3.8) is 0 Å². The van der Waals surface area contributed by atoms with E-state index in [1.807, 2.05) is 24.3 Å². The molecule has 0 spiro atoms. The van der Waals surface area contributed by atoms with Crippen molar-refractivity contribution in [3.8, 4) is 0 Å². The number of nitrogens with zero attached hydrogens (tertiary/aromatic N) is 5. The first-order chi connectivity index (χ1) is 19.7. The topological polar surface area (TPSA) is 101 Å². The Labute approximate surface area is 260 Å². The summed E-state index contributed by atoms with van der Waals surface area (Å²) in [6.07, 6.45) is 1.75. The van der Waals surface area contributed by atoms with Gasteiger partial charge >= 0.3 is 5.91 Å². The summed E-state index contributed by atoms with van der Waals surface area (Å²) in [5, 5.41) is 21.5. The molecule has 4 heterocycles. The number of rotatable bonds is 6. The number of thioether (sulfide) groups is 1. The van der Waals surface area contributed by atoms with Crippen molar-refractivity contribution < 1.29 is 14.7 Å². The number of aryl methyl sites for hydroxylation is 1. The van der Waals surface area contributed by atoms with Crippen LogP contribution in [0.3, 0.4) is 0 Å². The van der Waals surface area contributed by atoms with Crippen LogP contribution in [0.5, 0.6) is 0 Å². The molecule has 1 N–H and O–H groups in total. The lowest BCUT2D eigenvalue weighted by Gasteiger charge is -2.22. The highest BCUT2D eigenvalue weighted by molar-refractivity contribution is 9.10. The van der Waals surface area contributed by atoms with E-state index in [4.69, 9.17) is 23.2 Å². The van der Waals surface area contributed by atoms with E-state index in [9.17, 15) is 14.7 Å². The summed E-state index contributed by atoms with van der Waals surface area (Å²) < 4.78 is 3.10. The van der Waals surface area contributed by atoms with Gasteiger partial charge in [0.05, 0.1) is 17.3 Å². The molecule has 13 heteroatoms. The van der Waals surface area contributed by atoms with Crippen LogP contribution in [0.15, 0.2) is 81.2 Å². The fourth-order valence-electron chi connectivity index (χ4n) is 4.65. The molecule has 206 valence electrons. The average molecular weight is 687 g/mol. The number of aliphatic hydroxyl groups excluding tert-OH is 1. The number of ketones is 1. The highest BCUT2D eigenvalue weighted by Crippen LogP contribution is 2.44. The third-order valence-corrected chi connectivity index (χ3v) is 9.75. The van der Waals surface area contributed by atoms with E-state index in [2.05, 4.69) is 31.1 Å². The van der Waals surface area contributed by atoms with Gasteiger partial charge in [0.15, 0.2) is 10.1 Å². The molecule has 0 radical (unpaired) electrons. The molecule has 0 bridgehead atoms. The van der Waals surface area contributed by atoms with Crippen LogP contribution in [0.25, 0.3) is 11.4 Å². The van der Waals surface area contributed by atoms with Gasteiger partial charge in [0, 0.05) is 26.5 Å². The number of hydrogen-bond donors (Lipinski definition) is 1. The summed E-state index contributed by atoms with van der Waals surface area (Å²) in [5.41, 5.74) is 2.91. The van der Waals surface area contributed by atoms with Gasteiger partial charge in [-0.1, -0.05) is 86.5 Å². The quantitative estimate of drug-likeness (QED) is 0.0650. The molecule has 0 aliphatic carbocycles. The normalized spacial score (nSPS) is 16.7. The lowest BCUT2D eigenvalue weighted by molar-refractivity contribution is -0.132. The van der Waals surface area contributed by atoms with Gasteiger partial charge in [0.1, 0.15) is 11.3 Å².